The van der Waals surface area contributed by atoms with Crippen LogP contribution in [-0.2, 0) is 4.79 Å². The van der Waals surface area contributed by atoms with E-state index in [2.05, 4.69) is 24.5 Å². The van der Waals surface area contributed by atoms with Gasteiger partial charge in [-0.05, 0) is 44.6 Å². The highest BCUT2D eigenvalue weighted by Gasteiger charge is 2.44. The molecule has 0 bridgehead atoms. The van der Waals surface area contributed by atoms with Crippen LogP contribution >= 0.6 is 0 Å². The largest absolute Gasteiger partial charge is 0.394 e. The monoisotopic (exact) mass is 282 g/mol. The molecule has 1 saturated heterocycles. The second kappa shape index (κ2) is 6.44. The number of hydrogen-bond donors (Lipinski definition) is 3. The van der Waals surface area contributed by atoms with E-state index in [0.29, 0.717) is 5.92 Å². The van der Waals surface area contributed by atoms with E-state index in [9.17, 15) is 9.90 Å². The number of aliphatic hydroxyl groups excluding tert-OH is 1. The minimum atomic E-state index is -0.391. The third kappa shape index (κ3) is 3.17. The Hall–Kier alpha value is -0.610. The van der Waals surface area contributed by atoms with Crippen molar-refractivity contribution in [2.45, 2.75) is 76.3 Å². The van der Waals surface area contributed by atoms with Gasteiger partial charge in [-0.3, -0.25) is 4.79 Å². The van der Waals surface area contributed by atoms with Crippen LogP contribution in [0.2, 0.25) is 0 Å². The van der Waals surface area contributed by atoms with Gasteiger partial charge >= 0.3 is 0 Å². The number of amides is 1. The van der Waals surface area contributed by atoms with Crippen LogP contribution in [0.5, 0.6) is 0 Å². The molecule has 0 spiro atoms. The first kappa shape index (κ1) is 15.8. The summed E-state index contributed by atoms with van der Waals surface area (Å²) in [6.07, 6.45) is 7.98. The first-order chi connectivity index (χ1) is 9.56. The Morgan fingerprint density at radius 1 is 1.40 bits per heavy atom. The van der Waals surface area contributed by atoms with Crippen LogP contribution in [0.25, 0.3) is 0 Å². The van der Waals surface area contributed by atoms with Crippen LogP contribution < -0.4 is 10.6 Å². The Kier molecular flexibility index (Phi) is 5.08. The molecule has 0 aromatic rings. The van der Waals surface area contributed by atoms with Crippen molar-refractivity contribution in [1.82, 2.24) is 10.6 Å². The molecule has 116 valence electrons. The summed E-state index contributed by atoms with van der Waals surface area (Å²) in [5, 5.41) is 16.5. The molecule has 1 amide bonds. The van der Waals surface area contributed by atoms with E-state index in [1.54, 1.807) is 0 Å². The summed E-state index contributed by atoms with van der Waals surface area (Å²) in [5.74, 6) is 0.690. The molecule has 2 rings (SSSR count). The standard InChI is InChI=1S/C16H30N2O2/c1-3-7-16(9-5-10-17-16)14(20)18-15(12-19)8-4-6-13(2)11-15/h13,17,19H,3-12H2,1-2H3,(H,18,20). The highest BCUT2D eigenvalue weighted by Crippen LogP contribution is 2.33. The highest BCUT2D eigenvalue weighted by molar-refractivity contribution is 5.87. The minimum Gasteiger partial charge on any atom is -0.394 e. The zero-order chi connectivity index (χ0) is 14.6. The first-order valence-corrected chi connectivity index (χ1v) is 8.24. The molecule has 3 unspecified atom stereocenters. The molecule has 4 nitrogen and oxygen atoms in total. The lowest BCUT2D eigenvalue weighted by molar-refractivity contribution is -0.131. The van der Waals surface area contributed by atoms with Crippen molar-refractivity contribution in [3.63, 3.8) is 0 Å². The zero-order valence-electron chi connectivity index (χ0n) is 13.0. The van der Waals surface area contributed by atoms with E-state index in [4.69, 9.17) is 0 Å². The molecular weight excluding hydrogens is 252 g/mol. The van der Waals surface area contributed by atoms with Gasteiger partial charge in [0, 0.05) is 0 Å². The van der Waals surface area contributed by atoms with Crippen molar-refractivity contribution in [2.75, 3.05) is 13.2 Å². The van der Waals surface area contributed by atoms with Gasteiger partial charge in [-0.1, -0.05) is 33.1 Å². The number of hydrogen-bond acceptors (Lipinski definition) is 3. The maximum absolute atomic E-state index is 12.8. The number of carbonyl (C=O) groups excluding carboxylic acids is 1. The van der Waals surface area contributed by atoms with Gasteiger partial charge in [0.25, 0.3) is 0 Å². The van der Waals surface area contributed by atoms with E-state index in [1.165, 1.54) is 6.42 Å². The molecule has 4 heteroatoms. The Morgan fingerprint density at radius 2 is 2.20 bits per heavy atom. The molecule has 2 aliphatic rings. The number of aliphatic hydroxyl groups is 1. The van der Waals surface area contributed by atoms with Crippen molar-refractivity contribution >= 4 is 5.91 Å². The lowest BCUT2D eigenvalue weighted by Crippen LogP contribution is -2.62. The van der Waals surface area contributed by atoms with Crippen molar-refractivity contribution < 1.29 is 9.90 Å². The Balaban J connectivity index is 2.07. The van der Waals surface area contributed by atoms with E-state index in [-0.39, 0.29) is 18.1 Å². The van der Waals surface area contributed by atoms with Gasteiger partial charge in [-0.15, -0.1) is 0 Å². The molecule has 1 heterocycles. The second-order valence-corrected chi connectivity index (χ2v) is 6.96. The molecule has 0 aromatic heterocycles. The molecule has 3 N–H and O–H groups in total. The van der Waals surface area contributed by atoms with Crippen LogP contribution in [-0.4, -0.2) is 35.2 Å². The quantitative estimate of drug-likeness (QED) is 0.722. The zero-order valence-corrected chi connectivity index (χ0v) is 13.0. The van der Waals surface area contributed by atoms with E-state index >= 15 is 0 Å². The summed E-state index contributed by atoms with van der Waals surface area (Å²) < 4.78 is 0. The fourth-order valence-corrected chi connectivity index (χ4v) is 4.07. The molecule has 20 heavy (non-hydrogen) atoms. The fraction of sp³-hybridized carbons (Fsp3) is 0.938. The molecule has 1 saturated carbocycles. The molecule has 1 aliphatic carbocycles. The molecule has 2 fully saturated rings. The van der Waals surface area contributed by atoms with Crippen molar-refractivity contribution in [3.8, 4) is 0 Å². The lowest BCUT2D eigenvalue weighted by atomic mass is 9.76. The minimum absolute atomic E-state index is 0.0608. The summed E-state index contributed by atoms with van der Waals surface area (Å²) >= 11 is 0. The number of nitrogens with one attached hydrogen (secondary N) is 2. The van der Waals surface area contributed by atoms with Crippen LogP contribution in [0.1, 0.15) is 65.2 Å². The van der Waals surface area contributed by atoms with Crippen molar-refractivity contribution in [3.05, 3.63) is 0 Å². The Labute approximate surface area is 122 Å². The summed E-state index contributed by atoms with van der Waals surface area (Å²) in [7, 11) is 0. The molecule has 3 atom stereocenters. The summed E-state index contributed by atoms with van der Waals surface area (Å²) in [4.78, 5) is 12.8. The average Bonchev–Trinajstić information content (AvgIpc) is 2.89. The third-order valence-electron chi connectivity index (χ3n) is 5.13. The van der Waals surface area contributed by atoms with Gasteiger partial charge in [-0.2, -0.15) is 0 Å². The van der Waals surface area contributed by atoms with Gasteiger partial charge in [-0.25, -0.2) is 0 Å². The topological polar surface area (TPSA) is 61.4 Å². The predicted molar refractivity (Wildman–Crippen MR) is 80.5 cm³/mol. The van der Waals surface area contributed by atoms with Gasteiger partial charge < -0.3 is 15.7 Å². The summed E-state index contributed by atoms with van der Waals surface area (Å²) in [6.45, 7) is 5.33. The van der Waals surface area contributed by atoms with Crippen LogP contribution in [0.4, 0.5) is 0 Å². The van der Waals surface area contributed by atoms with Crippen LogP contribution in [0, 0.1) is 5.92 Å². The SMILES string of the molecule is CCCC1(C(=O)NC2(CO)CCCC(C)C2)CCCN1. The summed E-state index contributed by atoms with van der Waals surface area (Å²) in [5.41, 5.74) is -0.780. The Bertz CT molecular complexity index is 339. The van der Waals surface area contributed by atoms with Gasteiger partial charge in [0.1, 0.15) is 0 Å². The van der Waals surface area contributed by atoms with Crippen LogP contribution in [0.3, 0.4) is 0 Å². The maximum atomic E-state index is 12.8. The Morgan fingerprint density at radius 3 is 2.75 bits per heavy atom. The first-order valence-electron chi connectivity index (χ1n) is 8.24. The lowest BCUT2D eigenvalue weighted by Gasteiger charge is -2.42. The molecule has 1 aliphatic heterocycles. The highest BCUT2D eigenvalue weighted by atomic mass is 16.3. The smallest absolute Gasteiger partial charge is 0.240 e. The fourth-order valence-electron chi connectivity index (χ4n) is 4.07. The second-order valence-electron chi connectivity index (χ2n) is 6.96. The predicted octanol–water partition coefficient (Wildman–Crippen LogP) is 1.97. The van der Waals surface area contributed by atoms with Gasteiger partial charge in [0.2, 0.25) is 5.91 Å². The maximum Gasteiger partial charge on any atom is 0.240 e. The van der Waals surface area contributed by atoms with E-state index in [1.807, 2.05) is 0 Å². The van der Waals surface area contributed by atoms with E-state index < -0.39 is 5.54 Å². The van der Waals surface area contributed by atoms with Gasteiger partial charge in [0.05, 0.1) is 17.7 Å². The number of carbonyl (C=O) groups is 1. The number of rotatable bonds is 5. The normalized spacial score (nSPS) is 37.9. The van der Waals surface area contributed by atoms with E-state index in [0.717, 1.165) is 51.5 Å². The van der Waals surface area contributed by atoms with Gasteiger partial charge in [0.15, 0.2) is 0 Å². The summed E-state index contributed by atoms with van der Waals surface area (Å²) in [6, 6.07) is 0. The van der Waals surface area contributed by atoms with Crippen LogP contribution in [0.15, 0.2) is 0 Å². The molecule has 0 aromatic carbocycles. The third-order valence-corrected chi connectivity index (χ3v) is 5.13. The average molecular weight is 282 g/mol. The molecule has 0 radical (unpaired) electrons. The van der Waals surface area contributed by atoms with Crippen molar-refractivity contribution in [1.29, 1.82) is 0 Å². The molecular formula is C16H30N2O2. The van der Waals surface area contributed by atoms with Crippen molar-refractivity contribution in [2.24, 2.45) is 5.92 Å².